The molecule has 2 rings (SSSR count). The van der Waals surface area contributed by atoms with Gasteiger partial charge in [0, 0.05) is 11.0 Å². The highest BCUT2D eigenvalue weighted by Crippen LogP contribution is 2.43. The second-order valence-electron chi connectivity index (χ2n) is 4.35. The predicted octanol–water partition coefficient (Wildman–Crippen LogP) is 1.86. The van der Waals surface area contributed by atoms with E-state index in [-0.39, 0.29) is 22.8 Å². The number of ketones is 1. The number of aromatic hydroxyl groups is 2. The summed E-state index contributed by atoms with van der Waals surface area (Å²) < 4.78 is 0. The average Bonchev–Trinajstić information content (AvgIpc) is 2.33. The molecule has 1 aromatic carbocycles. The van der Waals surface area contributed by atoms with Gasteiger partial charge in [-0.3, -0.25) is 4.79 Å². The lowest BCUT2D eigenvalue weighted by Crippen LogP contribution is -2.18. The van der Waals surface area contributed by atoms with Crippen LogP contribution in [-0.2, 0) is 6.42 Å². The highest BCUT2D eigenvalue weighted by atomic mass is 16.3. The van der Waals surface area contributed by atoms with Gasteiger partial charge in [-0.15, -0.1) is 0 Å². The Morgan fingerprint density at radius 3 is 2.36 bits per heavy atom. The van der Waals surface area contributed by atoms with Crippen LogP contribution in [0.3, 0.4) is 0 Å². The molecule has 0 aliphatic heterocycles. The van der Waals surface area contributed by atoms with Gasteiger partial charge in [-0.05, 0) is 18.6 Å². The second-order valence-corrected chi connectivity index (χ2v) is 4.35. The van der Waals surface area contributed by atoms with Crippen LogP contribution in [0, 0.1) is 5.41 Å². The van der Waals surface area contributed by atoms with Crippen LogP contribution >= 0.6 is 0 Å². The number of phenolic OH excluding ortho intramolecular Hbond substituents is 2. The minimum absolute atomic E-state index is 0.0339. The fourth-order valence-corrected chi connectivity index (χ4v) is 1.92. The number of fused-ring (bicyclic) bond motifs is 1. The molecule has 14 heavy (non-hydrogen) atoms. The summed E-state index contributed by atoms with van der Waals surface area (Å²) in [4.78, 5) is 11.8. The molecule has 0 radical (unpaired) electrons. The number of rotatable bonds is 0. The van der Waals surface area contributed by atoms with Crippen molar-refractivity contribution in [3.8, 4) is 11.5 Å². The quantitative estimate of drug-likeness (QED) is 0.617. The molecule has 0 amide bonds. The smallest absolute Gasteiger partial charge is 0.172 e. The molecule has 0 atom stereocenters. The molecule has 0 bridgehead atoms. The van der Waals surface area contributed by atoms with Crippen LogP contribution in [0.1, 0.15) is 29.8 Å². The van der Waals surface area contributed by atoms with Gasteiger partial charge in [0.25, 0.3) is 0 Å². The third-order valence-corrected chi connectivity index (χ3v) is 2.73. The molecule has 0 heterocycles. The summed E-state index contributed by atoms with van der Waals surface area (Å²) in [5.41, 5.74) is 0.341. The molecule has 1 aliphatic carbocycles. The van der Waals surface area contributed by atoms with Gasteiger partial charge in [0.2, 0.25) is 0 Å². The largest absolute Gasteiger partial charge is 0.508 e. The Balaban J connectivity index is 2.70. The predicted molar refractivity (Wildman–Crippen MR) is 51.6 cm³/mol. The number of phenols is 2. The van der Waals surface area contributed by atoms with E-state index in [0.717, 1.165) is 0 Å². The van der Waals surface area contributed by atoms with Crippen LogP contribution < -0.4 is 0 Å². The van der Waals surface area contributed by atoms with Crippen molar-refractivity contribution < 1.29 is 15.0 Å². The minimum Gasteiger partial charge on any atom is -0.508 e. The molecule has 0 aromatic heterocycles. The van der Waals surface area contributed by atoms with Crippen LogP contribution in [0.15, 0.2) is 12.1 Å². The van der Waals surface area contributed by atoms with E-state index in [4.69, 9.17) is 0 Å². The highest BCUT2D eigenvalue weighted by Gasteiger charge is 2.40. The van der Waals surface area contributed by atoms with E-state index in [1.807, 2.05) is 13.8 Å². The van der Waals surface area contributed by atoms with Crippen LogP contribution in [-0.4, -0.2) is 16.0 Å². The van der Waals surface area contributed by atoms with E-state index in [0.29, 0.717) is 12.0 Å². The van der Waals surface area contributed by atoms with Crippen molar-refractivity contribution in [2.45, 2.75) is 20.3 Å². The van der Waals surface area contributed by atoms with E-state index >= 15 is 0 Å². The van der Waals surface area contributed by atoms with Crippen LogP contribution in [0.5, 0.6) is 11.5 Å². The molecule has 0 saturated heterocycles. The van der Waals surface area contributed by atoms with E-state index in [1.54, 1.807) is 0 Å². The monoisotopic (exact) mass is 192 g/mol. The number of Topliss-reactive ketones (excluding diaryl/α,β-unsaturated/α-hetero) is 1. The van der Waals surface area contributed by atoms with Crippen LogP contribution in [0.2, 0.25) is 0 Å². The van der Waals surface area contributed by atoms with Crippen molar-refractivity contribution >= 4 is 5.78 Å². The number of carbonyl (C=O) groups excluding carboxylic acids is 1. The summed E-state index contributed by atoms with van der Waals surface area (Å²) in [7, 11) is 0. The van der Waals surface area contributed by atoms with Crippen molar-refractivity contribution in [1.29, 1.82) is 0 Å². The summed E-state index contributed by atoms with van der Waals surface area (Å²) in [5, 5.41) is 19.1. The molecule has 1 aromatic rings. The molecular weight excluding hydrogens is 180 g/mol. The Kier molecular flexibility index (Phi) is 1.62. The molecular formula is C11H12O3. The second kappa shape index (κ2) is 2.50. The fraction of sp³-hybridized carbons (Fsp3) is 0.364. The van der Waals surface area contributed by atoms with E-state index < -0.39 is 5.41 Å². The third-order valence-electron chi connectivity index (χ3n) is 2.73. The van der Waals surface area contributed by atoms with Crippen LogP contribution in [0.25, 0.3) is 0 Å². The summed E-state index contributed by atoms with van der Waals surface area (Å²) in [6, 6.07) is 2.77. The molecule has 0 unspecified atom stereocenters. The van der Waals surface area contributed by atoms with Gasteiger partial charge in [-0.25, -0.2) is 0 Å². The topological polar surface area (TPSA) is 57.5 Å². The SMILES string of the molecule is CC1(C)Cc2c(O)ccc(O)c2C1=O. The lowest BCUT2D eigenvalue weighted by Gasteiger charge is -2.13. The first-order valence-electron chi connectivity index (χ1n) is 4.52. The molecule has 3 heteroatoms. The molecule has 74 valence electrons. The van der Waals surface area contributed by atoms with Crippen molar-refractivity contribution in [1.82, 2.24) is 0 Å². The lowest BCUT2D eigenvalue weighted by molar-refractivity contribution is 0.0861. The Morgan fingerprint density at radius 1 is 1.21 bits per heavy atom. The van der Waals surface area contributed by atoms with E-state index in [1.165, 1.54) is 12.1 Å². The summed E-state index contributed by atoms with van der Waals surface area (Å²) in [5.74, 6) is -0.0361. The first kappa shape index (κ1) is 9.06. The average molecular weight is 192 g/mol. The molecule has 0 saturated carbocycles. The van der Waals surface area contributed by atoms with Gasteiger partial charge >= 0.3 is 0 Å². The Labute approximate surface area is 82.0 Å². The number of hydrogen-bond acceptors (Lipinski definition) is 3. The molecule has 0 spiro atoms. The zero-order chi connectivity index (χ0) is 10.5. The van der Waals surface area contributed by atoms with E-state index in [2.05, 4.69) is 0 Å². The summed E-state index contributed by atoms with van der Waals surface area (Å²) in [6.07, 6.45) is 0.488. The van der Waals surface area contributed by atoms with Crippen molar-refractivity contribution in [2.75, 3.05) is 0 Å². The zero-order valence-electron chi connectivity index (χ0n) is 8.16. The maximum Gasteiger partial charge on any atom is 0.172 e. The maximum absolute atomic E-state index is 11.8. The normalized spacial score (nSPS) is 18.3. The first-order valence-corrected chi connectivity index (χ1v) is 4.52. The van der Waals surface area contributed by atoms with Gasteiger partial charge in [0.05, 0.1) is 5.56 Å². The van der Waals surface area contributed by atoms with Gasteiger partial charge in [0.15, 0.2) is 5.78 Å². The standard InChI is InChI=1S/C11H12O3/c1-11(2)5-6-7(12)3-4-8(13)9(6)10(11)14/h3-4,12-13H,5H2,1-2H3. The van der Waals surface area contributed by atoms with E-state index in [9.17, 15) is 15.0 Å². The highest BCUT2D eigenvalue weighted by molar-refractivity contribution is 6.07. The fourth-order valence-electron chi connectivity index (χ4n) is 1.92. The van der Waals surface area contributed by atoms with Gasteiger partial charge in [-0.2, -0.15) is 0 Å². The maximum atomic E-state index is 11.8. The third kappa shape index (κ3) is 1.02. The number of hydrogen-bond donors (Lipinski definition) is 2. The summed E-state index contributed by atoms with van der Waals surface area (Å²) >= 11 is 0. The van der Waals surface area contributed by atoms with Crippen LogP contribution in [0.4, 0.5) is 0 Å². The first-order chi connectivity index (χ1) is 6.43. The van der Waals surface area contributed by atoms with Gasteiger partial charge < -0.3 is 10.2 Å². The Morgan fingerprint density at radius 2 is 1.79 bits per heavy atom. The minimum atomic E-state index is -0.515. The zero-order valence-corrected chi connectivity index (χ0v) is 8.16. The van der Waals surface area contributed by atoms with Crippen molar-refractivity contribution in [3.05, 3.63) is 23.3 Å². The summed E-state index contributed by atoms with van der Waals surface area (Å²) in [6.45, 7) is 3.63. The molecule has 0 fully saturated rings. The van der Waals surface area contributed by atoms with Gasteiger partial charge in [0.1, 0.15) is 11.5 Å². The van der Waals surface area contributed by atoms with Gasteiger partial charge in [-0.1, -0.05) is 13.8 Å². The molecule has 3 nitrogen and oxygen atoms in total. The van der Waals surface area contributed by atoms with Crippen molar-refractivity contribution in [2.24, 2.45) is 5.41 Å². The molecule has 1 aliphatic rings. The molecule has 2 N–H and O–H groups in total. The van der Waals surface area contributed by atoms with Crippen molar-refractivity contribution in [3.63, 3.8) is 0 Å². The lowest BCUT2D eigenvalue weighted by atomic mass is 9.89. The number of carbonyl (C=O) groups is 1. The number of benzene rings is 1. The Hall–Kier alpha value is -1.51. The Bertz CT molecular complexity index is 419.